The number of pyridine rings is 2. The van der Waals surface area contributed by atoms with E-state index in [9.17, 15) is 0 Å². The van der Waals surface area contributed by atoms with Gasteiger partial charge in [0.1, 0.15) is 11.4 Å². The molecule has 2 rings (SSSR count). The number of aromatic nitrogens is 2. The fraction of sp³-hybridized carbons (Fsp3) is 0.154. The van der Waals surface area contributed by atoms with E-state index in [1.54, 1.807) is 18.3 Å². The van der Waals surface area contributed by atoms with Gasteiger partial charge in [0.2, 0.25) is 0 Å². The van der Waals surface area contributed by atoms with E-state index in [0.29, 0.717) is 18.1 Å². The van der Waals surface area contributed by atoms with E-state index in [1.165, 1.54) is 6.20 Å². The van der Waals surface area contributed by atoms with Crippen molar-refractivity contribution in [2.75, 3.05) is 6.61 Å². The predicted octanol–water partition coefficient (Wildman–Crippen LogP) is 1.19. The summed E-state index contributed by atoms with van der Waals surface area (Å²) in [6.07, 6.45) is 4.01. The van der Waals surface area contributed by atoms with E-state index in [0.717, 1.165) is 12.1 Å². The van der Waals surface area contributed by atoms with E-state index < -0.39 is 0 Å². The highest BCUT2D eigenvalue weighted by Crippen LogP contribution is 2.09. The molecule has 0 aromatic carbocycles. The molecule has 0 amide bonds. The molecule has 2 heterocycles. The highest BCUT2D eigenvalue weighted by Gasteiger charge is 2.01. The molecule has 0 bridgehead atoms. The molecule has 0 radical (unpaired) electrons. The standard InChI is InChI=1S/C13H14N4O2/c14-13(17-18)12-5-4-11(9-16-12)19-8-6-10-3-1-2-7-15-10/h1-5,7,9,18H,6,8H2,(H2,14,17). The molecular weight excluding hydrogens is 244 g/mol. The molecule has 0 aliphatic rings. The van der Waals surface area contributed by atoms with Gasteiger partial charge in [0.15, 0.2) is 5.84 Å². The minimum atomic E-state index is -0.0277. The maximum Gasteiger partial charge on any atom is 0.188 e. The van der Waals surface area contributed by atoms with Crippen molar-refractivity contribution in [3.8, 4) is 5.75 Å². The Balaban J connectivity index is 1.87. The number of nitrogens with zero attached hydrogens (tertiary/aromatic N) is 3. The third kappa shape index (κ3) is 3.67. The number of ether oxygens (including phenoxy) is 1. The van der Waals surface area contributed by atoms with E-state index in [1.807, 2.05) is 18.2 Å². The second kappa shape index (κ2) is 6.34. The van der Waals surface area contributed by atoms with Crippen molar-refractivity contribution in [1.29, 1.82) is 0 Å². The topological polar surface area (TPSA) is 93.6 Å². The zero-order chi connectivity index (χ0) is 13.5. The fourth-order valence-corrected chi connectivity index (χ4v) is 1.49. The van der Waals surface area contributed by atoms with Crippen LogP contribution in [0.1, 0.15) is 11.4 Å². The van der Waals surface area contributed by atoms with Crippen molar-refractivity contribution in [1.82, 2.24) is 9.97 Å². The quantitative estimate of drug-likeness (QED) is 0.363. The lowest BCUT2D eigenvalue weighted by Gasteiger charge is -2.06. The number of oxime groups is 1. The molecule has 0 spiro atoms. The first kappa shape index (κ1) is 12.8. The fourth-order valence-electron chi connectivity index (χ4n) is 1.49. The molecule has 0 unspecified atom stereocenters. The van der Waals surface area contributed by atoms with Crippen molar-refractivity contribution in [2.24, 2.45) is 10.9 Å². The average molecular weight is 258 g/mol. The van der Waals surface area contributed by atoms with Gasteiger partial charge in [-0.15, -0.1) is 0 Å². The van der Waals surface area contributed by atoms with Gasteiger partial charge in [0.05, 0.1) is 12.8 Å². The number of amidine groups is 1. The minimum Gasteiger partial charge on any atom is -0.492 e. The predicted molar refractivity (Wildman–Crippen MR) is 70.2 cm³/mol. The Labute approximate surface area is 110 Å². The molecular formula is C13H14N4O2. The molecule has 19 heavy (non-hydrogen) atoms. The van der Waals surface area contributed by atoms with Gasteiger partial charge in [-0.3, -0.25) is 4.98 Å². The van der Waals surface area contributed by atoms with Crippen LogP contribution in [0.4, 0.5) is 0 Å². The molecule has 0 aliphatic carbocycles. The summed E-state index contributed by atoms with van der Waals surface area (Å²) in [5.41, 5.74) is 6.79. The van der Waals surface area contributed by atoms with Crippen molar-refractivity contribution in [2.45, 2.75) is 6.42 Å². The minimum absolute atomic E-state index is 0.0277. The highest BCUT2D eigenvalue weighted by atomic mass is 16.5. The monoisotopic (exact) mass is 258 g/mol. The Bertz CT molecular complexity index is 540. The smallest absolute Gasteiger partial charge is 0.188 e. The maximum atomic E-state index is 8.51. The van der Waals surface area contributed by atoms with Crippen LogP contribution in [0.15, 0.2) is 47.9 Å². The van der Waals surface area contributed by atoms with Gasteiger partial charge in [-0.05, 0) is 24.3 Å². The van der Waals surface area contributed by atoms with Crippen molar-refractivity contribution < 1.29 is 9.94 Å². The van der Waals surface area contributed by atoms with Crippen LogP contribution in [0.3, 0.4) is 0 Å². The second-order valence-corrected chi connectivity index (χ2v) is 3.78. The Hall–Kier alpha value is -2.63. The van der Waals surface area contributed by atoms with Crippen LogP contribution >= 0.6 is 0 Å². The Kier molecular flexibility index (Phi) is 4.28. The number of hydrogen-bond donors (Lipinski definition) is 2. The lowest BCUT2D eigenvalue weighted by Crippen LogP contribution is -2.14. The third-order valence-electron chi connectivity index (χ3n) is 2.46. The molecule has 6 nitrogen and oxygen atoms in total. The number of hydrogen-bond acceptors (Lipinski definition) is 5. The van der Waals surface area contributed by atoms with Gasteiger partial charge >= 0.3 is 0 Å². The van der Waals surface area contributed by atoms with Gasteiger partial charge in [-0.25, -0.2) is 4.98 Å². The van der Waals surface area contributed by atoms with Gasteiger partial charge in [-0.2, -0.15) is 0 Å². The summed E-state index contributed by atoms with van der Waals surface area (Å²) in [6, 6.07) is 9.11. The molecule has 0 fully saturated rings. The summed E-state index contributed by atoms with van der Waals surface area (Å²) >= 11 is 0. The van der Waals surface area contributed by atoms with Crippen molar-refractivity contribution in [3.63, 3.8) is 0 Å². The zero-order valence-corrected chi connectivity index (χ0v) is 10.2. The molecule has 3 N–H and O–H groups in total. The molecule has 0 aliphatic heterocycles. The Morgan fingerprint density at radius 1 is 1.26 bits per heavy atom. The van der Waals surface area contributed by atoms with Crippen LogP contribution in [0.5, 0.6) is 5.75 Å². The van der Waals surface area contributed by atoms with Crippen molar-refractivity contribution >= 4 is 5.84 Å². The summed E-state index contributed by atoms with van der Waals surface area (Å²) < 4.78 is 5.53. The summed E-state index contributed by atoms with van der Waals surface area (Å²) in [5.74, 6) is 0.602. The van der Waals surface area contributed by atoms with Gasteiger partial charge in [-0.1, -0.05) is 11.2 Å². The molecule has 0 atom stereocenters. The van der Waals surface area contributed by atoms with Crippen LogP contribution < -0.4 is 10.5 Å². The van der Waals surface area contributed by atoms with Gasteiger partial charge in [0.25, 0.3) is 0 Å². The van der Waals surface area contributed by atoms with Crippen molar-refractivity contribution in [3.05, 3.63) is 54.1 Å². The summed E-state index contributed by atoms with van der Waals surface area (Å²) in [7, 11) is 0. The first-order chi connectivity index (χ1) is 9.29. The van der Waals surface area contributed by atoms with E-state index >= 15 is 0 Å². The van der Waals surface area contributed by atoms with Gasteiger partial charge < -0.3 is 15.7 Å². The second-order valence-electron chi connectivity index (χ2n) is 3.78. The molecule has 98 valence electrons. The summed E-state index contributed by atoms with van der Waals surface area (Å²) in [5, 5.41) is 11.4. The van der Waals surface area contributed by atoms with Crippen LogP contribution in [-0.2, 0) is 6.42 Å². The van der Waals surface area contributed by atoms with Crippen LogP contribution in [0.25, 0.3) is 0 Å². The van der Waals surface area contributed by atoms with E-state index in [4.69, 9.17) is 15.7 Å². The molecule has 2 aromatic heterocycles. The number of nitrogens with two attached hydrogens (primary N) is 1. The lowest BCUT2D eigenvalue weighted by atomic mass is 10.3. The molecule has 0 saturated heterocycles. The molecule has 2 aromatic rings. The SMILES string of the molecule is N/C(=N/O)c1ccc(OCCc2ccccn2)cn1. The van der Waals surface area contributed by atoms with Crippen LogP contribution in [-0.4, -0.2) is 27.6 Å². The zero-order valence-electron chi connectivity index (χ0n) is 10.2. The molecule has 6 heteroatoms. The van der Waals surface area contributed by atoms with Gasteiger partial charge in [0, 0.05) is 18.3 Å². The first-order valence-corrected chi connectivity index (χ1v) is 5.76. The van der Waals surface area contributed by atoms with E-state index in [-0.39, 0.29) is 5.84 Å². The summed E-state index contributed by atoms with van der Waals surface area (Å²) in [4.78, 5) is 8.22. The number of rotatable bonds is 5. The summed E-state index contributed by atoms with van der Waals surface area (Å²) in [6.45, 7) is 0.515. The normalized spacial score (nSPS) is 11.3. The van der Waals surface area contributed by atoms with E-state index in [2.05, 4.69) is 15.1 Å². The van der Waals surface area contributed by atoms with Crippen LogP contribution in [0.2, 0.25) is 0 Å². The third-order valence-corrected chi connectivity index (χ3v) is 2.46. The average Bonchev–Trinajstić information content (AvgIpc) is 2.48. The highest BCUT2D eigenvalue weighted by molar-refractivity contribution is 5.95. The molecule has 0 saturated carbocycles. The Morgan fingerprint density at radius 2 is 2.16 bits per heavy atom. The lowest BCUT2D eigenvalue weighted by molar-refractivity contribution is 0.317. The first-order valence-electron chi connectivity index (χ1n) is 5.76. The maximum absolute atomic E-state index is 8.51. The largest absolute Gasteiger partial charge is 0.492 e. The van der Waals surface area contributed by atoms with Crippen LogP contribution in [0, 0.1) is 0 Å². The Morgan fingerprint density at radius 3 is 2.79 bits per heavy atom.